The Labute approximate surface area is 167 Å². The maximum atomic E-state index is 11.0. The maximum Gasteiger partial charge on any atom is 0.303 e. The molecule has 4 rings (SSSR count). The number of rotatable bonds is 6. The van der Waals surface area contributed by atoms with E-state index in [0.717, 1.165) is 45.4 Å². The summed E-state index contributed by atoms with van der Waals surface area (Å²) < 4.78 is 0. The number of carbonyl (C=O) groups is 1. The number of para-hydroxylation sites is 2. The monoisotopic (exact) mass is 378 g/mol. The van der Waals surface area contributed by atoms with E-state index in [1.807, 2.05) is 0 Å². The molecular formula is C24H30N2O2. The molecule has 2 heterocycles. The van der Waals surface area contributed by atoms with Gasteiger partial charge in [-0.25, -0.2) is 0 Å². The van der Waals surface area contributed by atoms with E-state index in [1.165, 1.54) is 22.5 Å². The standard InChI is InChI=1S/C24H30N2O2/c1-18(15-25-13-12-19(17-25)14-24(27)28)16-26-22-8-4-2-6-20(22)10-11-21-7-3-5-9-23(21)26/h2-9,18-19H,10-17H2,1H3,(H,27,28). The van der Waals surface area contributed by atoms with Crippen molar-refractivity contribution in [2.45, 2.75) is 32.6 Å². The van der Waals surface area contributed by atoms with Crippen LogP contribution in [0.5, 0.6) is 0 Å². The molecule has 2 aromatic carbocycles. The van der Waals surface area contributed by atoms with Gasteiger partial charge in [-0.15, -0.1) is 0 Å². The van der Waals surface area contributed by atoms with Gasteiger partial charge in [-0.1, -0.05) is 43.3 Å². The molecule has 148 valence electrons. The molecule has 2 unspecified atom stereocenters. The number of likely N-dealkylation sites (tertiary alicyclic amines) is 1. The Kier molecular flexibility index (Phi) is 5.67. The second-order valence-corrected chi connectivity index (χ2v) is 8.49. The van der Waals surface area contributed by atoms with Crippen molar-refractivity contribution >= 4 is 17.3 Å². The van der Waals surface area contributed by atoms with Gasteiger partial charge in [0.1, 0.15) is 0 Å². The van der Waals surface area contributed by atoms with E-state index in [0.29, 0.717) is 18.3 Å². The maximum absolute atomic E-state index is 11.0. The number of fused-ring (bicyclic) bond motifs is 2. The Balaban J connectivity index is 1.49. The van der Waals surface area contributed by atoms with Crippen molar-refractivity contribution in [2.24, 2.45) is 11.8 Å². The zero-order valence-electron chi connectivity index (χ0n) is 16.7. The molecule has 0 amide bonds. The number of hydrogen-bond donors (Lipinski definition) is 1. The zero-order valence-corrected chi connectivity index (χ0v) is 16.7. The zero-order chi connectivity index (χ0) is 19.5. The van der Waals surface area contributed by atoms with Crippen LogP contribution in [-0.2, 0) is 17.6 Å². The van der Waals surface area contributed by atoms with Crippen molar-refractivity contribution in [2.75, 3.05) is 31.1 Å². The predicted molar refractivity (Wildman–Crippen MR) is 113 cm³/mol. The smallest absolute Gasteiger partial charge is 0.303 e. The van der Waals surface area contributed by atoms with Crippen LogP contribution < -0.4 is 4.90 Å². The van der Waals surface area contributed by atoms with Crippen LogP contribution in [0, 0.1) is 11.8 Å². The van der Waals surface area contributed by atoms with E-state index in [4.69, 9.17) is 5.11 Å². The minimum absolute atomic E-state index is 0.303. The lowest BCUT2D eigenvalue weighted by Gasteiger charge is -2.31. The molecule has 4 heteroatoms. The van der Waals surface area contributed by atoms with Gasteiger partial charge in [0.05, 0.1) is 0 Å². The van der Waals surface area contributed by atoms with E-state index in [9.17, 15) is 4.79 Å². The molecule has 0 aromatic heterocycles. The fourth-order valence-electron chi connectivity index (χ4n) is 4.87. The van der Waals surface area contributed by atoms with E-state index in [1.54, 1.807) is 0 Å². The van der Waals surface area contributed by atoms with E-state index in [2.05, 4.69) is 65.3 Å². The molecule has 4 nitrogen and oxygen atoms in total. The van der Waals surface area contributed by atoms with Gasteiger partial charge in [0.25, 0.3) is 0 Å². The molecule has 2 aliphatic heterocycles. The largest absolute Gasteiger partial charge is 0.481 e. The first-order valence-electron chi connectivity index (χ1n) is 10.5. The third kappa shape index (κ3) is 4.22. The first-order valence-corrected chi connectivity index (χ1v) is 10.5. The number of carboxylic acid groups (broad SMARTS) is 1. The second-order valence-electron chi connectivity index (χ2n) is 8.49. The summed E-state index contributed by atoms with van der Waals surface area (Å²) in [6.45, 7) is 6.27. The van der Waals surface area contributed by atoms with Gasteiger partial charge >= 0.3 is 5.97 Å². The van der Waals surface area contributed by atoms with Crippen molar-refractivity contribution in [3.05, 3.63) is 59.7 Å². The highest BCUT2D eigenvalue weighted by atomic mass is 16.4. The molecule has 28 heavy (non-hydrogen) atoms. The molecule has 1 N–H and O–H groups in total. The Morgan fingerprint density at radius 2 is 1.64 bits per heavy atom. The lowest BCUT2D eigenvalue weighted by Crippen LogP contribution is -2.33. The molecule has 0 saturated carbocycles. The van der Waals surface area contributed by atoms with E-state index in [-0.39, 0.29) is 0 Å². The molecule has 1 saturated heterocycles. The van der Waals surface area contributed by atoms with Gasteiger partial charge in [0, 0.05) is 37.4 Å². The van der Waals surface area contributed by atoms with Crippen LogP contribution in [0.1, 0.15) is 30.9 Å². The summed E-state index contributed by atoms with van der Waals surface area (Å²) in [7, 11) is 0. The van der Waals surface area contributed by atoms with Crippen molar-refractivity contribution in [1.29, 1.82) is 0 Å². The van der Waals surface area contributed by atoms with Crippen LogP contribution in [0.2, 0.25) is 0 Å². The van der Waals surface area contributed by atoms with Gasteiger partial charge < -0.3 is 14.9 Å². The predicted octanol–water partition coefficient (Wildman–Crippen LogP) is 4.36. The number of hydrogen-bond acceptors (Lipinski definition) is 3. The molecular weight excluding hydrogens is 348 g/mol. The summed E-state index contributed by atoms with van der Waals surface area (Å²) >= 11 is 0. The highest BCUT2D eigenvalue weighted by molar-refractivity contribution is 5.71. The number of aliphatic carboxylic acids is 1. The van der Waals surface area contributed by atoms with Crippen molar-refractivity contribution in [3.63, 3.8) is 0 Å². The Bertz CT molecular complexity index is 787. The number of carboxylic acids is 1. The highest BCUT2D eigenvalue weighted by Crippen LogP contribution is 2.36. The molecule has 2 atom stereocenters. The Morgan fingerprint density at radius 1 is 1.04 bits per heavy atom. The average molecular weight is 379 g/mol. The molecule has 1 fully saturated rings. The fourth-order valence-corrected chi connectivity index (χ4v) is 4.87. The summed E-state index contributed by atoms with van der Waals surface area (Å²) in [6, 6.07) is 17.6. The molecule has 0 aliphatic carbocycles. The van der Waals surface area contributed by atoms with Crippen LogP contribution in [-0.4, -0.2) is 42.2 Å². The van der Waals surface area contributed by atoms with Crippen LogP contribution in [0.25, 0.3) is 0 Å². The number of nitrogens with zero attached hydrogens (tertiary/aromatic N) is 2. The summed E-state index contributed by atoms with van der Waals surface area (Å²) in [6.07, 6.45) is 3.48. The van der Waals surface area contributed by atoms with Crippen molar-refractivity contribution in [3.8, 4) is 0 Å². The summed E-state index contributed by atoms with van der Waals surface area (Å²) in [5.74, 6) is 0.143. The number of aryl methyl sites for hydroxylation is 2. The van der Waals surface area contributed by atoms with Crippen LogP contribution >= 0.6 is 0 Å². The summed E-state index contributed by atoms with van der Waals surface area (Å²) in [5, 5.41) is 9.05. The van der Waals surface area contributed by atoms with Gasteiger partial charge in [-0.3, -0.25) is 4.79 Å². The minimum atomic E-state index is -0.669. The SMILES string of the molecule is CC(CN1CCC(CC(=O)O)C1)CN1c2ccccc2CCc2ccccc21. The van der Waals surface area contributed by atoms with E-state index >= 15 is 0 Å². The van der Waals surface area contributed by atoms with Gasteiger partial charge in [-0.05, 0) is 60.9 Å². The van der Waals surface area contributed by atoms with Crippen molar-refractivity contribution in [1.82, 2.24) is 4.90 Å². The first-order chi connectivity index (χ1) is 13.6. The summed E-state index contributed by atoms with van der Waals surface area (Å²) in [4.78, 5) is 15.9. The third-order valence-electron chi connectivity index (χ3n) is 6.13. The lowest BCUT2D eigenvalue weighted by molar-refractivity contribution is -0.138. The van der Waals surface area contributed by atoms with Gasteiger partial charge in [-0.2, -0.15) is 0 Å². The molecule has 0 bridgehead atoms. The first kappa shape index (κ1) is 19.0. The molecule has 2 aliphatic rings. The normalized spacial score (nSPS) is 20.3. The Hall–Kier alpha value is -2.33. The summed E-state index contributed by atoms with van der Waals surface area (Å²) in [5.41, 5.74) is 5.52. The molecule has 2 aromatic rings. The second kappa shape index (κ2) is 8.36. The van der Waals surface area contributed by atoms with Gasteiger partial charge in [0.2, 0.25) is 0 Å². The van der Waals surface area contributed by atoms with Crippen molar-refractivity contribution < 1.29 is 9.90 Å². The van der Waals surface area contributed by atoms with Crippen LogP contribution in [0.15, 0.2) is 48.5 Å². The number of benzene rings is 2. The average Bonchev–Trinajstić information content (AvgIpc) is 3.04. The topological polar surface area (TPSA) is 43.8 Å². The highest BCUT2D eigenvalue weighted by Gasteiger charge is 2.27. The van der Waals surface area contributed by atoms with Gasteiger partial charge in [0.15, 0.2) is 0 Å². The lowest BCUT2D eigenvalue weighted by atomic mass is 10.0. The Morgan fingerprint density at radius 3 is 2.25 bits per heavy atom. The molecule has 0 radical (unpaired) electrons. The fraction of sp³-hybridized carbons (Fsp3) is 0.458. The van der Waals surface area contributed by atoms with Crippen LogP contribution in [0.4, 0.5) is 11.4 Å². The third-order valence-corrected chi connectivity index (χ3v) is 6.13. The van der Waals surface area contributed by atoms with E-state index < -0.39 is 5.97 Å². The quantitative estimate of drug-likeness (QED) is 0.811. The van der Waals surface area contributed by atoms with Crippen LogP contribution in [0.3, 0.4) is 0 Å². The molecule has 0 spiro atoms. The minimum Gasteiger partial charge on any atom is -0.481 e. The number of anilines is 2.